The van der Waals surface area contributed by atoms with Crippen molar-refractivity contribution >= 4 is 28.9 Å². The summed E-state index contributed by atoms with van der Waals surface area (Å²) in [5.74, 6) is -1.06. The van der Waals surface area contributed by atoms with E-state index in [0.717, 1.165) is 0 Å². The predicted octanol–water partition coefficient (Wildman–Crippen LogP) is 2.54. The van der Waals surface area contributed by atoms with Crippen molar-refractivity contribution in [1.29, 1.82) is 0 Å². The molecule has 2 aromatic rings. The average molecular weight is 371 g/mol. The van der Waals surface area contributed by atoms with Crippen LogP contribution in [0.4, 0.5) is 15.8 Å². The molecule has 0 radical (unpaired) electrons. The lowest BCUT2D eigenvalue weighted by molar-refractivity contribution is -0.125. The van der Waals surface area contributed by atoms with Gasteiger partial charge in [-0.05, 0) is 30.3 Å². The van der Waals surface area contributed by atoms with Gasteiger partial charge in [0.1, 0.15) is 12.4 Å². The van der Waals surface area contributed by atoms with Crippen LogP contribution in [0.5, 0.6) is 0 Å². The first kappa shape index (κ1) is 18.5. The number of hydrogen-bond acceptors (Lipinski definition) is 5. The first-order valence-electron chi connectivity index (χ1n) is 8.23. The second-order valence-corrected chi connectivity index (χ2v) is 5.90. The number of ether oxygens (including phenoxy) is 1. The van der Waals surface area contributed by atoms with Crippen LogP contribution < -0.4 is 10.6 Å². The summed E-state index contributed by atoms with van der Waals surface area (Å²) in [6.45, 7) is -0.0628. The van der Waals surface area contributed by atoms with Crippen molar-refractivity contribution in [2.24, 2.45) is 5.16 Å². The zero-order valence-electron chi connectivity index (χ0n) is 14.6. The zero-order valence-corrected chi connectivity index (χ0v) is 14.6. The van der Waals surface area contributed by atoms with E-state index in [0.29, 0.717) is 22.6 Å². The van der Waals surface area contributed by atoms with Crippen molar-refractivity contribution < 1.29 is 23.6 Å². The molecule has 2 aromatic carbocycles. The Bertz CT molecular complexity index is 885. The number of rotatable bonds is 6. The van der Waals surface area contributed by atoms with Gasteiger partial charge in [-0.2, -0.15) is 0 Å². The molecule has 1 unspecified atom stereocenters. The summed E-state index contributed by atoms with van der Waals surface area (Å²) in [6, 6.07) is 12.7. The Morgan fingerprint density at radius 2 is 1.93 bits per heavy atom. The van der Waals surface area contributed by atoms with Gasteiger partial charge < -0.3 is 20.2 Å². The van der Waals surface area contributed by atoms with Gasteiger partial charge in [-0.1, -0.05) is 23.4 Å². The summed E-state index contributed by atoms with van der Waals surface area (Å²) in [5, 5.41) is 9.26. The third-order valence-corrected chi connectivity index (χ3v) is 3.81. The van der Waals surface area contributed by atoms with Gasteiger partial charge in [0.05, 0.1) is 5.71 Å². The molecule has 0 bridgehead atoms. The maximum Gasteiger partial charge on any atom is 0.268 e. The van der Waals surface area contributed by atoms with Crippen molar-refractivity contribution in [3.05, 3.63) is 59.9 Å². The molecular weight excluding hydrogens is 353 g/mol. The molecule has 140 valence electrons. The van der Waals surface area contributed by atoms with Crippen LogP contribution >= 0.6 is 0 Å². The number of carbonyl (C=O) groups excluding carboxylic acids is 2. The number of anilines is 2. The monoisotopic (exact) mass is 371 g/mol. The fourth-order valence-corrected chi connectivity index (χ4v) is 2.58. The summed E-state index contributed by atoms with van der Waals surface area (Å²) in [5.41, 5.74) is 2.11. The molecule has 8 heteroatoms. The lowest BCUT2D eigenvalue weighted by atomic mass is 10.0. The first-order valence-corrected chi connectivity index (χ1v) is 8.23. The van der Waals surface area contributed by atoms with Gasteiger partial charge in [-0.15, -0.1) is 0 Å². The second-order valence-electron chi connectivity index (χ2n) is 5.90. The van der Waals surface area contributed by atoms with E-state index in [9.17, 15) is 14.0 Å². The fourth-order valence-electron chi connectivity index (χ4n) is 2.58. The van der Waals surface area contributed by atoms with E-state index in [1.807, 2.05) is 0 Å². The Kier molecular flexibility index (Phi) is 5.77. The fraction of sp³-hybridized carbons (Fsp3) is 0.211. The summed E-state index contributed by atoms with van der Waals surface area (Å²) in [7, 11) is 1.43. The van der Waals surface area contributed by atoms with Crippen LogP contribution in [0, 0.1) is 5.82 Å². The summed E-state index contributed by atoms with van der Waals surface area (Å²) in [4.78, 5) is 29.2. The number of nitrogens with zero attached hydrogens (tertiary/aromatic N) is 1. The molecule has 0 aliphatic carbocycles. The second kappa shape index (κ2) is 8.41. The Morgan fingerprint density at radius 1 is 1.19 bits per heavy atom. The molecule has 3 rings (SSSR count). The minimum absolute atomic E-state index is 0.0628. The first-order chi connectivity index (χ1) is 13.0. The molecule has 1 aliphatic rings. The van der Waals surface area contributed by atoms with Gasteiger partial charge in [0.15, 0.2) is 0 Å². The minimum atomic E-state index is -0.810. The van der Waals surface area contributed by atoms with E-state index in [1.165, 1.54) is 19.2 Å². The van der Waals surface area contributed by atoms with Gasteiger partial charge in [0, 0.05) is 30.5 Å². The van der Waals surface area contributed by atoms with Gasteiger partial charge in [-0.3, -0.25) is 9.59 Å². The van der Waals surface area contributed by atoms with Crippen molar-refractivity contribution in [3.8, 4) is 0 Å². The van der Waals surface area contributed by atoms with E-state index in [-0.39, 0.29) is 30.7 Å². The highest BCUT2D eigenvalue weighted by Gasteiger charge is 2.29. The van der Waals surface area contributed by atoms with E-state index < -0.39 is 6.10 Å². The normalized spacial score (nSPS) is 15.6. The number of amides is 2. The summed E-state index contributed by atoms with van der Waals surface area (Å²) in [6.07, 6.45) is -0.575. The van der Waals surface area contributed by atoms with E-state index in [1.54, 1.807) is 36.4 Å². The molecule has 7 nitrogen and oxygen atoms in total. The number of carbonyl (C=O) groups is 2. The number of benzene rings is 2. The summed E-state index contributed by atoms with van der Waals surface area (Å²) < 4.78 is 18.1. The Hall–Kier alpha value is -3.26. The van der Waals surface area contributed by atoms with Crippen LogP contribution in [0.15, 0.2) is 53.7 Å². The highest BCUT2D eigenvalue weighted by molar-refractivity contribution is 6.06. The molecule has 0 aromatic heterocycles. The molecule has 0 saturated carbocycles. The quantitative estimate of drug-likeness (QED) is 0.817. The number of hydrogen-bond donors (Lipinski definition) is 2. The molecule has 1 heterocycles. The molecular formula is C19H18FN3O4. The van der Waals surface area contributed by atoms with E-state index >= 15 is 0 Å². The van der Waals surface area contributed by atoms with Crippen LogP contribution in [0.25, 0.3) is 0 Å². The van der Waals surface area contributed by atoms with Crippen molar-refractivity contribution in [2.45, 2.75) is 12.5 Å². The molecule has 2 amide bonds. The smallest absolute Gasteiger partial charge is 0.268 e. The van der Waals surface area contributed by atoms with Gasteiger partial charge in [0.25, 0.3) is 5.91 Å². The number of methoxy groups -OCH3 is 1. The largest absolute Gasteiger partial charge is 0.382 e. The molecule has 1 atom stereocenters. The Morgan fingerprint density at radius 3 is 2.67 bits per heavy atom. The maximum atomic E-state index is 13.3. The Balaban J connectivity index is 1.59. The molecule has 2 N–H and O–H groups in total. The van der Waals surface area contributed by atoms with E-state index in [2.05, 4.69) is 15.8 Å². The molecule has 27 heavy (non-hydrogen) atoms. The van der Waals surface area contributed by atoms with Crippen LogP contribution in [-0.4, -0.2) is 37.3 Å². The molecule has 0 fully saturated rings. The molecule has 1 aliphatic heterocycles. The van der Waals surface area contributed by atoms with Gasteiger partial charge in [-0.25, -0.2) is 4.39 Å². The van der Waals surface area contributed by atoms with Crippen LogP contribution in [0.2, 0.25) is 0 Å². The van der Waals surface area contributed by atoms with E-state index in [4.69, 9.17) is 9.57 Å². The average Bonchev–Trinajstić information content (AvgIpc) is 3.12. The zero-order chi connectivity index (χ0) is 19.2. The molecule has 0 saturated heterocycles. The van der Waals surface area contributed by atoms with Crippen LogP contribution in [0.3, 0.4) is 0 Å². The lowest BCUT2D eigenvalue weighted by Gasteiger charge is -2.11. The summed E-state index contributed by atoms with van der Waals surface area (Å²) >= 11 is 0. The SMILES string of the molecule is COCC(=O)Nc1cccc(NC(=O)C2CC(c3cccc(F)c3)=NO2)c1. The maximum absolute atomic E-state index is 13.3. The predicted molar refractivity (Wildman–Crippen MR) is 98.0 cm³/mol. The molecule has 0 spiro atoms. The third kappa shape index (κ3) is 4.89. The number of halogens is 1. The standard InChI is InChI=1S/C19H18FN3O4/c1-26-11-18(24)21-14-6-3-7-15(9-14)22-19(25)17-10-16(23-27-17)12-4-2-5-13(20)8-12/h2-9,17H,10-11H2,1H3,(H,21,24)(H,22,25). The van der Waals surface area contributed by atoms with Gasteiger partial charge >= 0.3 is 0 Å². The van der Waals surface area contributed by atoms with Crippen LogP contribution in [-0.2, 0) is 19.2 Å². The highest BCUT2D eigenvalue weighted by atomic mass is 19.1. The highest BCUT2D eigenvalue weighted by Crippen LogP contribution is 2.20. The number of oxime groups is 1. The van der Waals surface area contributed by atoms with Crippen LogP contribution in [0.1, 0.15) is 12.0 Å². The van der Waals surface area contributed by atoms with Crippen molar-refractivity contribution in [3.63, 3.8) is 0 Å². The lowest BCUT2D eigenvalue weighted by Crippen LogP contribution is -2.28. The minimum Gasteiger partial charge on any atom is -0.382 e. The third-order valence-electron chi connectivity index (χ3n) is 3.81. The van der Waals surface area contributed by atoms with Crippen molar-refractivity contribution in [2.75, 3.05) is 24.4 Å². The number of nitrogens with one attached hydrogen (secondary N) is 2. The van der Waals surface area contributed by atoms with Gasteiger partial charge in [0.2, 0.25) is 12.0 Å². The Labute approximate surface area is 155 Å². The van der Waals surface area contributed by atoms with Crippen molar-refractivity contribution in [1.82, 2.24) is 0 Å². The topological polar surface area (TPSA) is 89.0 Å².